The van der Waals surface area contributed by atoms with Crippen molar-refractivity contribution in [3.05, 3.63) is 24.0 Å². The molecule has 1 N–H and O–H groups in total. The van der Waals surface area contributed by atoms with Crippen molar-refractivity contribution >= 4 is 0 Å². The van der Waals surface area contributed by atoms with Crippen LogP contribution in [0.25, 0.3) is 0 Å². The molecule has 1 aliphatic carbocycles. The third kappa shape index (κ3) is 1.99. The molecule has 0 aliphatic heterocycles. The maximum Gasteiger partial charge on any atom is 0.0601 e. The van der Waals surface area contributed by atoms with Crippen molar-refractivity contribution in [1.82, 2.24) is 9.88 Å². The number of aromatic nitrogens is 1. The molecule has 1 aromatic heterocycles. The van der Waals surface area contributed by atoms with Crippen LogP contribution in [0.2, 0.25) is 0 Å². The van der Waals surface area contributed by atoms with Gasteiger partial charge in [0.2, 0.25) is 0 Å². The summed E-state index contributed by atoms with van der Waals surface area (Å²) in [6.07, 6.45) is 4.87. The lowest BCUT2D eigenvalue weighted by molar-refractivity contribution is 0.0168. The van der Waals surface area contributed by atoms with E-state index in [1.807, 2.05) is 0 Å². The Labute approximate surface area is 85.1 Å². The zero-order valence-corrected chi connectivity index (χ0v) is 8.86. The zero-order valence-electron chi connectivity index (χ0n) is 8.86. The second kappa shape index (κ2) is 4.15. The van der Waals surface area contributed by atoms with Crippen molar-refractivity contribution < 1.29 is 4.74 Å². The van der Waals surface area contributed by atoms with Crippen molar-refractivity contribution in [1.29, 1.82) is 0 Å². The van der Waals surface area contributed by atoms with Crippen LogP contribution in [0.3, 0.4) is 0 Å². The largest absolute Gasteiger partial charge is 0.381 e. The lowest BCUT2D eigenvalue weighted by Crippen LogP contribution is -2.44. The highest BCUT2D eigenvalue weighted by atomic mass is 16.5. The Morgan fingerprint density at radius 3 is 2.93 bits per heavy atom. The second-order valence-electron chi connectivity index (χ2n) is 4.02. The molecular formula is C11H18N2O. The number of aryl methyl sites for hydroxylation is 1. The smallest absolute Gasteiger partial charge is 0.0601 e. The molecular weight excluding hydrogens is 176 g/mol. The Balaban J connectivity index is 1.72. The van der Waals surface area contributed by atoms with Gasteiger partial charge in [0.25, 0.3) is 0 Å². The first-order valence-corrected chi connectivity index (χ1v) is 5.16. The third-order valence-electron chi connectivity index (χ3n) is 3.05. The average molecular weight is 194 g/mol. The maximum absolute atomic E-state index is 5.23. The van der Waals surface area contributed by atoms with E-state index < -0.39 is 0 Å². The maximum atomic E-state index is 5.23. The summed E-state index contributed by atoms with van der Waals surface area (Å²) in [6.45, 7) is 0.963. The van der Waals surface area contributed by atoms with Gasteiger partial charge in [0.15, 0.2) is 0 Å². The van der Waals surface area contributed by atoms with Crippen LogP contribution in [-0.4, -0.2) is 23.8 Å². The molecule has 14 heavy (non-hydrogen) atoms. The van der Waals surface area contributed by atoms with Crippen molar-refractivity contribution in [2.45, 2.75) is 31.5 Å². The summed E-state index contributed by atoms with van der Waals surface area (Å²) in [6, 6.07) is 4.88. The fourth-order valence-corrected chi connectivity index (χ4v) is 1.85. The molecule has 1 aromatic rings. The summed E-state index contributed by atoms with van der Waals surface area (Å²) in [5.41, 5.74) is 1.34. The van der Waals surface area contributed by atoms with E-state index in [-0.39, 0.29) is 0 Å². The van der Waals surface area contributed by atoms with E-state index in [0.717, 1.165) is 19.4 Å². The number of rotatable bonds is 4. The van der Waals surface area contributed by atoms with Crippen molar-refractivity contribution in [2.75, 3.05) is 7.11 Å². The molecule has 1 fully saturated rings. The number of hydrogen-bond acceptors (Lipinski definition) is 2. The van der Waals surface area contributed by atoms with Crippen LogP contribution in [0, 0.1) is 0 Å². The Bertz CT molecular complexity index is 289. The molecule has 0 spiro atoms. The number of ether oxygens (including phenoxy) is 1. The van der Waals surface area contributed by atoms with E-state index in [1.165, 1.54) is 5.69 Å². The average Bonchev–Trinajstić information content (AvgIpc) is 2.49. The summed E-state index contributed by atoms with van der Waals surface area (Å²) in [7, 11) is 3.87. The lowest BCUT2D eigenvalue weighted by Gasteiger charge is -2.34. The van der Waals surface area contributed by atoms with E-state index in [2.05, 4.69) is 35.3 Å². The normalized spacial score (nSPS) is 26.1. The van der Waals surface area contributed by atoms with Gasteiger partial charge in [-0.1, -0.05) is 0 Å². The van der Waals surface area contributed by atoms with Crippen molar-refractivity contribution in [3.63, 3.8) is 0 Å². The Morgan fingerprint density at radius 2 is 2.36 bits per heavy atom. The molecule has 0 bridgehead atoms. The van der Waals surface area contributed by atoms with E-state index >= 15 is 0 Å². The summed E-state index contributed by atoms with van der Waals surface area (Å²) in [5, 5.41) is 3.53. The van der Waals surface area contributed by atoms with Crippen molar-refractivity contribution in [2.24, 2.45) is 7.05 Å². The monoisotopic (exact) mass is 194 g/mol. The minimum atomic E-state index is 0.487. The van der Waals surface area contributed by atoms with Crippen LogP contribution < -0.4 is 5.32 Å². The van der Waals surface area contributed by atoms with Crippen LogP contribution in [0.5, 0.6) is 0 Å². The predicted molar refractivity (Wildman–Crippen MR) is 56.1 cm³/mol. The van der Waals surface area contributed by atoms with E-state index in [4.69, 9.17) is 4.74 Å². The standard InChI is InChI=1S/C11H18N2O/c1-13-5-3-4-10(13)8-12-9-6-11(7-9)14-2/h3-5,9,11-12H,6-8H2,1-2H3. The minimum Gasteiger partial charge on any atom is -0.381 e. The zero-order chi connectivity index (χ0) is 9.97. The first kappa shape index (κ1) is 9.74. The molecule has 0 unspecified atom stereocenters. The number of hydrogen-bond donors (Lipinski definition) is 1. The van der Waals surface area contributed by atoms with Crippen LogP contribution in [0.1, 0.15) is 18.5 Å². The SMILES string of the molecule is COC1CC(NCc2cccn2C)C1. The van der Waals surface area contributed by atoms with E-state index in [1.54, 1.807) is 7.11 Å². The lowest BCUT2D eigenvalue weighted by atomic mass is 9.89. The molecule has 1 saturated carbocycles. The summed E-state index contributed by atoms with van der Waals surface area (Å²) in [5.74, 6) is 0. The molecule has 3 heteroatoms. The highest BCUT2D eigenvalue weighted by Crippen LogP contribution is 2.22. The van der Waals surface area contributed by atoms with E-state index in [0.29, 0.717) is 12.1 Å². The quantitative estimate of drug-likeness (QED) is 0.781. The first-order chi connectivity index (χ1) is 6.79. The molecule has 78 valence electrons. The fourth-order valence-electron chi connectivity index (χ4n) is 1.85. The molecule has 1 heterocycles. The Kier molecular flexibility index (Phi) is 2.89. The fraction of sp³-hybridized carbons (Fsp3) is 0.636. The van der Waals surface area contributed by atoms with Gasteiger partial charge >= 0.3 is 0 Å². The number of nitrogens with zero attached hydrogens (tertiary/aromatic N) is 1. The summed E-state index contributed by atoms with van der Waals surface area (Å²) >= 11 is 0. The first-order valence-electron chi connectivity index (χ1n) is 5.16. The van der Waals surface area contributed by atoms with Gasteiger partial charge in [-0.3, -0.25) is 0 Å². The minimum absolute atomic E-state index is 0.487. The van der Waals surface area contributed by atoms with Crippen LogP contribution in [0.15, 0.2) is 18.3 Å². The molecule has 0 atom stereocenters. The topological polar surface area (TPSA) is 26.2 Å². The van der Waals surface area contributed by atoms with Gasteiger partial charge in [-0.05, 0) is 25.0 Å². The van der Waals surface area contributed by atoms with Gasteiger partial charge in [0, 0.05) is 38.6 Å². The summed E-state index contributed by atoms with van der Waals surface area (Å²) in [4.78, 5) is 0. The molecule has 0 amide bonds. The number of nitrogens with one attached hydrogen (secondary N) is 1. The van der Waals surface area contributed by atoms with Gasteiger partial charge in [0.1, 0.15) is 0 Å². The molecule has 0 aromatic carbocycles. The van der Waals surface area contributed by atoms with Crippen molar-refractivity contribution in [3.8, 4) is 0 Å². The highest BCUT2D eigenvalue weighted by Gasteiger charge is 2.28. The van der Waals surface area contributed by atoms with Crippen LogP contribution in [0.4, 0.5) is 0 Å². The van der Waals surface area contributed by atoms with Crippen LogP contribution in [-0.2, 0) is 18.3 Å². The molecule has 1 aliphatic rings. The van der Waals surface area contributed by atoms with Gasteiger partial charge in [-0.25, -0.2) is 0 Å². The predicted octanol–water partition coefficient (Wildman–Crippen LogP) is 1.29. The third-order valence-corrected chi connectivity index (χ3v) is 3.05. The van der Waals surface area contributed by atoms with Gasteiger partial charge in [0.05, 0.1) is 6.10 Å². The Morgan fingerprint density at radius 1 is 1.57 bits per heavy atom. The van der Waals surface area contributed by atoms with Crippen LogP contribution >= 0.6 is 0 Å². The molecule has 0 saturated heterocycles. The Hall–Kier alpha value is -0.800. The van der Waals surface area contributed by atoms with Gasteiger partial charge in [-0.15, -0.1) is 0 Å². The molecule has 2 rings (SSSR count). The highest BCUT2D eigenvalue weighted by molar-refractivity contribution is 5.06. The van der Waals surface area contributed by atoms with E-state index in [9.17, 15) is 0 Å². The number of methoxy groups -OCH3 is 1. The second-order valence-corrected chi connectivity index (χ2v) is 4.02. The molecule has 0 radical (unpaired) electrons. The molecule has 3 nitrogen and oxygen atoms in total. The van der Waals surface area contributed by atoms with Gasteiger partial charge < -0.3 is 14.6 Å². The van der Waals surface area contributed by atoms with Gasteiger partial charge in [-0.2, -0.15) is 0 Å². The summed E-state index contributed by atoms with van der Waals surface area (Å²) < 4.78 is 7.38.